The highest BCUT2D eigenvalue weighted by Gasteiger charge is 2.03. The first-order chi connectivity index (χ1) is 8.05. The number of hydrogen-bond acceptors (Lipinski definition) is 3. The highest BCUT2D eigenvalue weighted by atomic mass is 16.6. The zero-order valence-electron chi connectivity index (χ0n) is 14.2. The van der Waals surface area contributed by atoms with Gasteiger partial charge in [-0.3, -0.25) is 9.59 Å². The number of rotatable bonds is 2. The van der Waals surface area contributed by atoms with Crippen LogP contribution in [0.4, 0.5) is 0 Å². The number of carbonyl (C=O) groups excluding carboxylic acids is 2. The molecule has 0 atom stereocenters. The van der Waals surface area contributed by atoms with Gasteiger partial charge in [-0.25, -0.2) is 0 Å². The van der Waals surface area contributed by atoms with Crippen LogP contribution in [-0.2, 0) is 14.3 Å². The van der Waals surface area contributed by atoms with E-state index in [1.807, 2.05) is 0 Å². The minimum Gasteiger partial charge on any atom is -0.393 e. The second-order valence-electron chi connectivity index (χ2n) is 0.927. The van der Waals surface area contributed by atoms with Crippen LogP contribution >= 0.6 is 0 Å². The molecule has 9 heavy (non-hydrogen) atoms. The highest BCUT2D eigenvalue weighted by Crippen LogP contribution is 1.88. The Labute approximate surface area is 68.1 Å². The normalized spacial score (nSPS) is 31.1. The van der Waals surface area contributed by atoms with Gasteiger partial charge < -0.3 is 4.74 Å². The lowest BCUT2D eigenvalue weighted by Crippen LogP contribution is -2.09. The van der Waals surface area contributed by atoms with E-state index in [0.29, 0.717) is 0 Å². The van der Waals surface area contributed by atoms with E-state index in [4.69, 9.17) is 13.7 Å². The number of hydrogen-bond donors (Lipinski definition) is 0. The summed E-state index contributed by atoms with van der Waals surface area (Å²) in [5.41, 5.74) is 0. The quantitative estimate of drug-likeness (QED) is 0.422. The van der Waals surface area contributed by atoms with E-state index in [1.165, 1.54) is 0 Å². The van der Waals surface area contributed by atoms with E-state index >= 15 is 0 Å². The Bertz CT molecular complexity index is 342. The minimum atomic E-state index is -3.56. The van der Waals surface area contributed by atoms with Gasteiger partial charge >= 0.3 is 11.9 Å². The summed E-state index contributed by atoms with van der Waals surface area (Å²) in [4.78, 5) is 22.3. The van der Waals surface area contributed by atoms with Crippen molar-refractivity contribution >= 4 is 11.9 Å². The first-order valence-electron chi connectivity index (χ1n) is 6.82. The van der Waals surface area contributed by atoms with E-state index in [2.05, 4.69) is 4.74 Å². The number of ether oxygens (including phenoxy) is 1. The van der Waals surface area contributed by atoms with Crippen molar-refractivity contribution < 1.29 is 28.0 Å². The summed E-state index contributed by atoms with van der Waals surface area (Å²) in [5, 5.41) is 0. The molecule has 0 aliphatic heterocycles. The molecule has 0 amide bonds. The molecule has 0 saturated carbocycles. The van der Waals surface area contributed by atoms with Crippen molar-refractivity contribution in [3.8, 4) is 0 Å². The van der Waals surface area contributed by atoms with Crippen molar-refractivity contribution in [2.24, 2.45) is 0 Å². The molecule has 0 bridgehead atoms. The molecule has 0 N–H and O–H groups in total. The second-order valence-corrected chi connectivity index (χ2v) is 0.927. The van der Waals surface area contributed by atoms with Gasteiger partial charge in [0, 0.05) is 26.5 Å². The SMILES string of the molecule is [2H]C([2H])([2H])C([2H])([2H])C(=O)OC(=O)C([2H])([2H])C([2H])([2H])[2H]. The summed E-state index contributed by atoms with van der Waals surface area (Å²) in [6.45, 7) is -6.89. The van der Waals surface area contributed by atoms with Crippen molar-refractivity contribution in [3.63, 3.8) is 0 Å². The van der Waals surface area contributed by atoms with Crippen LogP contribution in [0.25, 0.3) is 0 Å². The average molecular weight is 140 g/mol. The largest absolute Gasteiger partial charge is 0.393 e. The summed E-state index contributed by atoms with van der Waals surface area (Å²) in [7, 11) is 0. The Balaban J connectivity index is 5.11. The van der Waals surface area contributed by atoms with E-state index in [9.17, 15) is 9.59 Å². The van der Waals surface area contributed by atoms with Gasteiger partial charge in [0.1, 0.15) is 0 Å². The molecule has 3 heteroatoms. The molecule has 0 fully saturated rings. The smallest absolute Gasteiger partial charge is 0.313 e. The molecule has 3 nitrogen and oxygen atoms in total. The fraction of sp³-hybridized carbons (Fsp3) is 0.667. The first-order valence-corrected chi connectivity index (χ1v) is 1.82. The van der Waals surface area contributed by atoms with Crippen LogP contribution in [0.2, 0.25) is 0 Å². The topological polar surface area (TPSA) is 43.4 Å². The van der Waals surface area contributed by atoms with E-state index in [-0.39, 0.29) is 0 Å². The molecule has 0 spiro atoms. The first kappa shape index (κ1) is 1.41. The third-order valence-electron chi connectivity index (χ3n) is 0.390. The Morgan fingerprint density at radius 3 is 2.22 bits per heavy atom. The summed E-state index contributed by atoms with van der Waals surface area (Å²) in [5.74, 6) is -4.35. The molecular weight excluding hydrogens is 120 g/mol. The Morgan fingerprint density at radius 1 is 1.44 bits per heavy atom. The number of esters is 2. The van der Waals surface area contributed by atoms with Crippen LogP contribution in [0, 0.1) is 0 Å². The molecule has 0 unspecified atom stereocenters. The van der Waals surface area contributed by atoms with Gasteiger partial charge in [0.05, 0.1) is 0 Å². The summed E-state index contributed by atoms with van der Waals surface area (Å²) in [6, 6.07) is 0. The van der Waals surface area contributed by atoms with Crippen LogP contribution in [0.5, 0.6) is 0 Å². The molecule has 0 aromatic carbocycles. The zero-order chi connectivity index (χ0) is 15.9. The molecule has 0 heterocycles. The van der Waals surface area contributed by atoms with Gasteiger partial charge in [-0.2, -0.15) is 0 Å². The maximum Gasteiger partial charge on any atom is 0.313 e. The summed E-state index contributed by atoms with van der Waals surface area (Å²) >= 11 is 0. The predicted molar refractivity (Wildman–Crippen MR) is 31.7 cm³/mol. The van der Waals surface area contributed by atoms with Crippen molar-refractivity contribution in [1.29, 1.82) is 0 Å². The van der Waals surface area contributed by atoms with Gasteiger partial charge in [0.25, 0.3) is 0 Å². The van der Waals surface area contributed by atoms with Crippen molar-refractivity contribution in [2.45, 2.75) is 26.4 Å². The fourth-order valence-corrected chi connectivity index (χ4v) is 0.135. The van der Waals surface area contributed by atoms with Crippen LogP contribution < -0.4 is 0 Å². The van der Waals surface area contributed by atoms with Gasteiger partial charge in [-0.15, -0.1) is 0 Å². The van der Waals surface area contributed by atoms with E-state index in [1.54, 1.807) is 0 Å². The van der Waals surface area contributed by atoms with Gasteiger partial charge in [-0.05, 0) is 0 Å². The lowest BCUT2D eigenvalue weighted by atomic mass is 10.5. The third kappa shape index (κ3) is 3.70. The Hall–Kier alpha value is -0.860. The number of carbonyl (C=O) groups is 2. The molecular formula is C6H10O3. The Morgan fingerprint density at radius 2 is 1.89 bits per heavy atom. The van der Waals surface area contributed by atoms with E-state index in [0.717, 1.165) is 0 Å². The standard InChI is InChI=1S/C6H10O3/c1-3-5(7)9-6(8)4-2/h3-4H2,1-2H3/i1D3,2D3,3D2,4D2. The zero-order valence-corrected chi connectivity index (χ0v) is 4.22. The molecule has 0 saturated heterocycles. The minimum absolute atomic E-state index is 2.18. The van der Waals surface area contributed by atoms with Crippen LogP contribution in [0.3, 0.4) is 0 Å². The van der Waals surface area contributed by atoms with Crippen LogP contribution in [0.15, 0.2) is 0 Å². The van der Waals surface area contributed by atoms with E-state index < -0.39 is 38.4 Å². The lowest BCUT2D eigenvalue weighted by Gasteiger charge is -1.95. The maximum absolute atomic E-state index is 11.2. The highest BCUT2D eigenvalue weighted by molar-refractivity contribution is 5.84. The average Bonchev–Trinajstić information content (AvgIpc) is 2.13. The third-order valence-corrected chi connectivity index (χ3v) is 0.390. The molecule has 52 valence electrons. The lowest BCUT2D eigenvalue weighted by molar-refractivity contribution is -0.159. The predicted octanol–water partition coefficient (Wildman–Crippen LogP) is 0.876. The maximum atomic E-state index is 11.2. The second kappa shape index (κ2) is 4.06. The van der Waals surface area contributed by atoms with Gasteiger partial charge in [0.2, 0.25) is 0 Å². The van der Waals surface area contributed by atoms with Crippen molar-refractivity contribution in [1.82, 2.24) is 0 Å². The monoisotopic (exact) mass is 140 g/mol. The molecule has 0 aromatic rings. The fourth-order valence-electron chi connectivity index (χ4n) is 0.135. The molecule has 0 aliphatic carbocycles. The van der Waals surface area contributed by atoms with Crippen molar-refractivity contribution in [2.75, 3.05) is 0 Å². The summed E-state index contributed by atoms with van der Waals surface area (Å²) < 4.78 is 71.9. The molecule has 0 aliphatic rings. The summed E-state index contributed by atoms with van der Waals surface area (Å²) in [6.07, 6.45) is -7.12. The van der Waals surface area contributed by atoms with Crippen molar-refractivity contribution in [3.05, 3.63) is 0 Å². The Kier molecular flexibility index (Phi) is 0.638. The van der Waals surface area contributed by atoms with Crippen LogP contribution in [0.1, 0.15) is 40.2 Å². The molecule has 0 rings (SSSR count). The van der Waals surface area contributed by atoms with Gasteiger partial charge in [0.15, 0.2) is 0 Å². The molecule has 0 aromatic heterocycles. The van der Waals surface area contributed by atoms with Gasteiger partial charge in [-0.1, -0.05) is 13.7 Å². The molecule has 0 radical (unpaired) electrons. The van der Waals surface area contributed by atoms with Crippen LogP contribution in [-0.4, -0.2) is 11.9 Å².